The number of esters is 1. The molecular formula is C18H13Cl3O4. The Balaban J connectivity index is 1.80. The van der Waals surface area contributed by atoms with Gasteiger partial charge in [0.05, 0.1) is 16.5 Å². The zero-order valence-electron chi connectivity index (χ0n) is 12.9. The third-order valence-electron chi connectivity index (χ3n) is 3.33. The summed E-state index contributed by atoms with van der Waals surface area (Å²) in [4.78, 5) is 35.6. The highest BCUT2D eigenvalue weighted by Crippen LogP contribution is 2.22. The van der Waals surface area contributed by atoms with Gasteiger partial charge >= 0.3 is 5.97 Å². The highest BCUT2D eigenvalue weighted by Gasteiger charge is 2.14. The van der Waals surface area contributed by atoms with Gasteiger partial charge in [0, 0.05) is 22.6 Å². The second-order valence-corrected chi connectivity index (χ2v) is 6.39. The van der Waals surface area contributed by atoms with Crippen LogP contribution in [-0.4, -0.2) is 24.1 Å². The predicted octanol–water partition coefficient (Wildman–Crippen LogP) is 5.04. The van der Waals surface area contributed by atoms with Gasteiger partial charge in [-0.1, -0.05) is 34.8 Å². The lowest BCUT2D eigenvalue weighted by molar-refractivity contribution is -0.142. The maximum absolute atomic E-state index is 11.9. The van der Waals surface area contributed by atoms with Crippen molar-refractivity contribution in [2.75, 3.05) is 6.61 Å². The molecule has 7 heteroatoms. The monoisotopic (exact) mass is 398 g/mol. The molecule has 0 aromatic heterocycles. The van der Waals surface area contributed by atoms with E-state index in [4.69, 9.17) is 39.5 Å². The number of benzene rings is 2. The molecule has 0 aliphatic rings. The molecule has 0 spiro atoms. The number of ketones is 2. The first-order chi connectivity index (χ1) is 11.9. The molecule has 130 valence electrons. The lowest BCUT2D eigenvalue weighted by Gasteiger charge is -2.05. The van der Waals surface area contributed by atoms with Crippen LogP contribution in [0, 0.1) is 0 Å². The van der Waals surface area contributed by atoms with Gasteiger partial charge < -0.3 is 4.74 Å². The van der Waals surface area contributed by atoms with E-state index in [0.717, 1.165) is 0 Å². The molecule has 25 heavy (non-hydrogen) atoms. The molecule has 0 fully saturated rings. The minimum atomic E-state index is -0.629. The quantitative estimate of drug-likeness (QED) is 0.483. The fraction of sp³-hybridized carbons (Fsp3) is 0.167. The SMILES string of the molecule is O=C(CCC(=O)c1ccc(Cl)cc1)OCC(=O)c1ccc(Cl)c(Cl)c1. The number of Topliss-reactive ketones (excluding diaryl/α,β-unsaturated/α-hetero) is 2. The van der Waals surface area contributed by atoms with Gasteiger partial charge in [-0.2, -0.15) is 0 Å². The second kappa shape index (κ2) is 8.99. The van der Waals surface area contributed by atoms with Gasteiger partial charge in [0.25, 0.3) is 0 Å². The lowest BCUT2D eigenvalue weighted by atomic mass is 10.1. The predicted molar refractivity (Wildman–Crippen MR) is 96.8 cm³/mol. The Bertz CT molecular complexity index is 800. The average molecular weight is 400 g/mol. The number of carbonyl (C=O) groups is 3. The number of hydrogen-bond donors (Lipinski definition) is 0. The number of hydrogen-bond acceptors (Lipinski definition) is 4. The minimum Gasteiger partial charge on any atom is -0.457 e. The van der Waals surface area contributed by atoms with E-state index >= 15 is 0 Å². The van der Waals surface area contributed by atoms with E-state index in [1.807, 2.05) is 0 Å². The Morgan fingerprint density at radius 2 is 1.40 bits per heavy atom. The van der Waals surface area contributed by atoms with Crippen LogP contribution in [0.1, 0.15) is 33.6 Å². The molecule has 0 unspecified atom stereocenters. The zero-order chi connectivity index (χ0) is 18.4. The van der Waals surface area contributed by atoms with E-state index in [1.54, 1.807) is 24.3 Å². The van der Waals surface area contributed by atoms with E-state index in [1.165, 1.54) is 18.2 Å². The Labute approximate surface area is 159 Å². The van der Waals surface area contributed by atoms with Crippen LogP contribution in [0.15, 0.2) is 42.5 Å². The number of carbonyl (C=O) groups excluding carboxylic acids is 3. The Morgan fingerprint density at radius 1 is 0.760 bits per heavy atom. The zero-order valence-corrected chi connectivity index (χ0v) is 15.2. The molecule has 0 saturated carbocycles. The number of ether oxygens (including phenoxy) is 1. The first kappa shape index (κ1) is 19.4. The molecule has 2 aromatic rings. The normalized spacial score (nSPS) is 10.4. The van der Waals surface area contributed by atoms with Gasteiger partial charge in [-0.3, -0.25) is 14.4 Å². The van der Waals surface area contributed by atoms with Crippen molar-refractivity contribution in [1.82, 2.24) is 0 Å². The molecule has 0 aliphatic carbocycles. The van der Waals surface area contributed by atoms with E-state index in [0.29, 0.717) is 21.2 Å². The molecule has 0 bridgehead atoms. The van der Waals surface area contributed by atoms with Gasteiger partial charge in [0.1, 0.15) is 0 Å². The van der Waals surface area contributed by atoms with Gasteiger partial charge in [-0.15, -0.1) is 0 Å². The average Bonchev–Trinajstić information content (AvgIpc) is 2.60. The number of rotatable bonds is 7. The van der Waals surface area contributed by atoms with Crippen molar-refractivity contribution in [2.24, 2.45) is 0 Å². The fourth-order valence-electron chi connectivity index (χ4n) is 1.97. The molecule has 0 atom stereocenters. The van der Waals surface area contributed by atoms with Crippen LogP contribution in [0.25, 0.3) is 0 Å². The van der Waals surface area contributed by atoms with Crippen LogP contribution in [0.5, 0.6) is 0 Å². The van der Waals surface area contributed by atoms with Crippen LogP contribution in [0.2, 0.25) is 15.1 Å². The first-order valence-electron chi connectivity index (χ1n) is 7.29. The van der Waals surface area contributed by atoms with Crippen LogP contribution in [0.4, 0.5) is 0 Å². The molecule has 0 radical (unpaired) electrons. The summed E-state index contributed by atoms with van der Waals surface area (Å²) in [5, 5.41) is 1.10. The summed E-state index contributed by atoms with van der Waals surface area (Å²) < 4.78 is 4.90. The van der Waals surface area contributed by atoms with E-state index in [9.17, 15) is 14.4 Å². The third-order valence-corrected chi connectivity index (χ3v) is 4.32. The van der Waals surface area contributed by atoms with Crippen molar-refractivity contribution >= 4 is 52.3 Å². The van der Waals surface area contributed by atoms with Crippen molar-refractivity contribution in [1.29, 1.82) is 0 Å². The molecule has 0 amide bonds. The van der Waals surface area contributed by atoms with Gasteiger partial charge in [0.15, 0.2) is 18.2 Å². The molecule has 2 rings (SSSR count). The molecular weight excluding hydrogens is 387 g/mol. The molecule has 0 heterocycles. The minimum absolute atomic E-state index is 0.0125. The van der Waals surface area contributed by atoms with Gasteiger partial charge in [0.2, 0.25) is 0 Å². The molecule has 2 aromatic carbocycles. The summed E-state index contributed by atoms with van der Waals surface area (Å²) in [6, 6.07) is 10.8. The van der Waals surface area contributed by atoms with Crippen molar-refractivity contribution < 1.29 is 19.1 Å². The largest absolute Gasteiger partial charge is 0.457 e. The Morgan fingerprint density at radius 3 is 2.04 bits per heavy atom. The maximum atomic E-state index is 11.9. The Kier molecular flexibility index (Phi) is 7.00. The first-order valence-corrected chi connectivity index (χ1v) is 8.43. The van der Waals surface area contributed by atoms with Gasteiger partial charge in [-0.25, -0.2) is 0 Å². The molecule has 4 nitrogen and oxygen atoms in total. The summed E-state index contributed by atoms with van der Waals surface area (Å²) in [5.41, 5.74) is 0.753. The molecule has 0 saturated heterocycles. The number of halogens is 3. The third kappa shape index (κ3) is 5.85. The summed E-state index contributed by atoms with van der Waals surface area (Å²) in [6.45, 7) is -0.425. The molecule has 0 N–H and O–H groups in total. The van der Waals surface area contributed by atoms with Crippen LogP contribution < -0.4 is 0 Å². The summed E-state index contributed by atoms with van der Waals surface area (Å²) >= 11 is 17.4. The van der Waals surface area contributed by atoms with E-state index in [2.05, 4.69) is 0 Å². The second-order valence-electron chi connectivity index (χ2n) is 5.14. The van der Waals surface area contributed by atoms with Crippen LogP contribution >= 0.6 is 34.8 Å². The smallest absolute Gasteiger partial charge is 0.306 e. The van der Waals surface area contributed by atoms with Gasteiger partial charge in [-0.05, 0) is 42.5 Å². The topological polar surface area (TPSA) is 60.4 Å². The lowest BCUT2D eigenvalue weighted by Crippen LogP contribution is -2.15. The van der Waals surface area contributed by atoms with Crippen LogP contribution in [-0.2, 0) is 9.53 Å². The van der Waals surface area contributed by atoms with E-state index in [-0.39, 0.29) is 23.6 Å². The summed E-state index contributed by atoms with van der Waals surface area (Å²) in [7, 11) is 0. The maximum Gasteiger partial charge on any atom is 0.306 e. The highest BCUT2D eigenvalue weighted by atomic mass is 35.5. The van der Waals surface area contributed by atoms with Crippen molar-refractivity contribution in [3.05, 3.63) is 68.7 Å². The highest BCUT2D eigenvalue weighted by molar-refractivity contribution is 6.42. The Hall–Kier alpha value is -1.88. The van der Waals surface area contributed by atoms with Crippen molar-refractivity contribution in [3.63, 3.8) is 0 Å². The van der Waals surface area contributed by atoms with Crippen molar-refractivity contribution in [3.8, 4) is 0 Å². The van der Waals surface area contributed by atoms with E-state index < -0.39 is 18.4 Å². The summed E-state index contributed by atoms with van der Waals surface area (Å²) in [6.07, 6.45) is -0.127. The molecule has 0 aliphatic heterocycles. The summed E-state index contributed by atoms with van der Waals surface area (Å²) in [5.74, 6) is -1.24. The fourth-order valence-corrected chi connectivity index (χ4v) is 2.39. The van der Waals surface area contributed by atoms with Crippen molar-refractivity contribution in [2.45, 2.75) is 12.8 Å². The van der Waals surface area contributed by atoms with Crippen LogP contribution in [0.3, 0.4) is 0 Å². The standard InChI is InChI=1S/C18H13Cl3O4/c19-13-4-1-11(2-5-13)16(22)7-8-18(24)25-10-17(23)12-3-6-14(20)15(21)9-12/h1-6,9H,7-8,10H2.